The Morgan fingerprint density at radius 1 is 1.15 bits per heavy atom. The van der Waals surface area contributed by atoms with E-state index in [0.29, 0.717) is 21.4 Å². The minimum Gasteiger partial charge on any atom is -1.00 e. The molecule has 2 heterocycles. The molecule has 0 radical (unpaired) electrons. The van der Waals surface area contributed by atoms with Crippen molar-refractivity contribution in [2.45, 2.75) is 6.54 Å². The summed E-state index contributed by atoms with van der Waals surface area (Å²) in [5.41, 5.74) is 2.61. The van der Waals surface area contributed by atoms with Crippen molar-refractivity contribution >= 4 is 40.4 Å². The van der Waals surface area contributed by atoms with E-state index in [1.54, 1.807) is 24.3 Å². The van der Waals surface area contributed by atoms with Crippen LogP contribution in [0.25, 0.3) is 5.65 Å². The molecule has 0 bridgehead atoms. The van der Waals surface area contributed by atoms with Crippen molar-refractivity contribution in [1.29, 1.82) is 0 Å². The number of halogens is 3. The SMILES string of the molecule is C[N+](C)(C)Cc1cnc2c(NC(=O)c3c(Cl)cccc3Cl)cccn12.[I-]. The Balaban J connectivity index is 0.00000243. The molecule has 0 aliphatic carbocycles. The summed E-state index contributed by atoms with van der Waals surface area (Å²) in [6.45, 7) is 0.814. The Morgan fingerprint density at radius 3 is 2.42 bits per heavy atom. The highest BCUT2D eigenvalue weighted by molar-refractivity contribution is 6.40. The topological polar surface area (TPSA) is 46.4 Å². The zero-order chi connectivity index (χ0) is 18.2. The fourth-order valence-corrected chi connectivity index (χ4v) is 3.23. The molecule has 0 saturated carbocycles. The van der Waals surface area contributed by atoms with Gasteiger partial charge in [0.2, 0.25) is 0 Å². The van der Waals surface area contributed by atoms with Crippen LogP contribution in [0.3, 0.4) is 0 Å². The number of nitrogens with zero attached hydrogens (tertiary/aromatic N) is 3. The van der Waals surface area contributed by atoms with Crippen molar-refractivity contribution < 1.29 is 33.3 Å². The molecule has 2 aromatic heterocycles. The molecule has 5 nitrogen and oxygen atoms in total. The van der Waals surface area contributed by atoms with Crippen molar-refractivity contribution in [2.75, 3.05) is 26.5 Å². The lowest BCUT2D eigenvalue weighted by Crippen LogP contribution is -3.00. The third kappa shape index (κ3) is 4.49. The standard InChI is InChI=1S/C18H18Cl2N4O.HI/c1-24(2,3)11-12-10-21-17-15(8-5-9-23(12)17)22-18(25)16-13(19)6-4-7-14(16)20;/h4-10H,11H2,1-3H3;1H. The molecule has 0 unspecified atom stereocenters. The lowest BCUT2D eigenvalue weighted by atomic mass is 10.2. The number of carbonyl (C=O) groups excluding carboxylic acids is 1. The number of aromatic nitrogens is 2. The number of benzene rings is 1. The second-order valence-corrected chi connectivity index (χ2v) is 7.68. The van der Waals surface area contributed by atoms with E-state index in [1.807, 2.05) is 22.9 Å². The molecule has 0 atom stereocenters. The van der Waals surface area contributed by atoms with Crippen molar-refractivity contribution in [2.24, 2.45) is 0 Å². The monoisotopic (exact) mass is 504 g/mol. The molecular weight excluding hydrogens is 486 g/mol. The van der Waals surface area contributed by atoms with E-state index < -0.39 is 0 Å². The first-order valence-corrected chi connectivity index (χ1v) is 8.52. The normalized spacial score (nSPS) is 11.3. The third-order valence-corrected chi connectivity index (χ3v) is 4.32. The van der Waals surface area contributed by atoms with Crippen LogP contribution in [-0.2, 0) is 6.54 Å². The summed E-state index contributed by atoms with van der Waals surface area (Å²) >= 11 is 12.2. The molecule has 0 aliphatic rings. The number of amides is 1. The molecule has 0 spiro atoms. The number of nitrogens with one attached hydrogen (secondary N) is 1. The van der Waals surface area contributed by atoms with E-state index in [2.05, 4.69) is 31.4 Å². The average molecular weight is 505 g/mol. The number of quaternary nitrogens is 1. The summed E-state index contributed by atoms with van der Waals surface area (Å²) in [7, 11) is 6.35. The van der Waals surface area contributed by atoms with Crippen LogP contribution in [0.15, 0.2) is 42.7 Å². The zero-order valence-electron chi connectivity index (χ0n) is 14.6. The summed E-state index contributed by atoms with van der Waals surface area (Å²) in [4.78, 5) is 17.1. The predicted molar refractivity (Wildman–Crippen MR) is 101 cm³/mol. The summed E-state index contributed by atoms with van der Waals surface area (Å²) in [6.07, 6.45) is 3.77. The maximum atomic E-state index is 12.6. The molecule has 138 valence electrons. The van der Waals surface area contributed by atoms with Gasteiger partial charge in [-0.1, -0.05) is 29.3 Å². The van der Waals surface area contributed by atoms with Crippen molar-refractivity contribution in [3.63, 3.8) is 0 Å². The molecule has 1 amide bonds. The largest absolute Gasteiger partial charge is 1.00 e. The van der Waals surface area contributed by atoms with Crippen molar-refractivity contribution in [3.8, 4) is 0 Å². The summed E-state index contributed by atoms with van der Waals surface area (Å²) in [5.74, 6) is -0.361. The number of hydrogen-bond donors (Lipinski definition) is 1. The van der Waals surface area contributed by atoms with Gasteiger partial charge >= 0.3 is 0 Å². The molecule has 0 saturated heterocycles. The number of hydrogen-bond acceptors (Lipinski definition) is 2. The number of pyridine rings is 1. The fraction of sp³-hybridized carbons (Fsp3) is 0.222. The van der Waals surface area contributed by atoms with Crippen LogP contribution in [0.4, 0.5) is 5.69 Å². The predicted octanol–water partition coefficient (Wildman–Crippen LogP) is 1.10. The molecule has 0 fully saturated rings. The Kier molecular flexibility index (Phi) is 6.55. The van der Waals surface area contributed by atoms with Gasteiger partial charge in [0.05, 0.1) is 54.3 Å². The highest BCUT2D eigenvalue weighted by atomic mass is 127. The van der Waals surface area contributed by atoms with Crippen molar-refractivity contribution in [1.82, 2.24) is 9.38 Å². The van der Waals surface area contributed by atoms with Gasteiger partial charge in [-0.25, -0.2) is 4.98 Å². The van der Waals surface area contributed by atoms with Gasteiger partial charge in [-0.15, -0.1) is 0 Å². The Bertz CT molecular complexity index is 930. The molecule has 0 aliphatic heterocycles. The number of anilines is 1. The number of rotatable bonds is 4. The van der Waals surface area contributed by atoms with Crippen LogP contribution < -0.4 is 29.3 Å². The molecule has 8 heteroatoms. The van der Waals surface area contributed by atoms with E-state index in [0.717, 1.165) is 16.7 Å². The van der Waals surface area contributed by atoms with Gasteiger partial charge in [0.1, 0.15) is 6.54 Å². The van der Waals surface area contributed by atoms with Gasteiger partial charge in [-0.2, -0.15) is 0 Å². The maximum absolute atomic E-state index is 12.6. The van der Waals surface area contributed by atoms with Crippen LogP contribution in [0.1, 0.15) is 16.1 Å². The van der Waals surface area contributed by atoms with Crippen LogP contribution >= 0.6 is 23.2 Å². The van der Waals surface area contributed by atoms with Gasteiger partial charge in [0.25, 0.3) is 5.91 Å². The zero-order valence-corrected chi connectivity index (χ0v) is 18.3. The Hall–Kier alpha value is -1.35. The third-order valence-electron chi connectivity index (χ3n) is 3.69. The molecule has 3 rings (SSSR count). The summed E-state index contributed by atoms with van der Waals surface area (Å²) < 4.78 is 2.76. The molecule has 26 heavy (non-hydrogen) atoms. The minimum atomic E-state index is -0.361. The van der Waals surface area contributed by atoms with Crippen LogP contribution in [0.2, 0.25) is 10.0 Å². The Labute approximate surface area is 179 Å². The van der Waals surface area contributed by atoms with E-state index in [-0.39, 0.29) is 35.4 Å². The molecular formula is C18H19Cl2IN4O. The summed E-state index contributed by atoms with van der Waals surface area (Å²) in [5, 5.41) is 3.49. The second-order valence-electron chi connectivity index (χ2n) is 6.86. The molecule has 1 aromatic carbocycles. The lowest BCUT2D eigenvalue weighted by Gasteiger charge is -2.23. The second kappa shape index (κ2) is 8.12. The van der Waals surface area contributed by atoms with Gasteiger partial charge in [0.15, 0.2) is 5.65 Å². The van der Waals surface area contributed by atoms with E-state index in [9.17, 15) is 4.79 Å². The van der Waals surface area contributed by atoms with Crippen LogP contribution in [-0.4, -0.2) is 40.9 Å². The highest BCUT2D eigenvalue weighted by Gasteiger charge is 2.18. The maximum Gasteiger partial charge on any atom is 0.258 e. The average Bonchev–Trinajstić information content (AvgIpc) is 2.89. The van der Waals surface area contributed by atoms with Crippen LogP contribution in [0.5, 0.6) is 0 Å². The summed E-state index contributed by atoms with van der Waals surface area (Å²) in [6, 6.07) is 8.65. The number of imidazole rings is 1. The van der Waals surface area contributed by atoms with E-state index in [4.69, 9.17) is 23.2 Å². The quantitative estimate of drug-likeness (QED) is 0.427. The first-order valence-electron chi connectivity index (χ1n) is 7.77. The van der Waals surface area contributed by atoms with E-state index >= 15 is 0 Å². The lowest BCUT2D eigenvalue weighted by molar-refractivity contribution is -0.884. The fourth-order valence-electron chi connectivity index (χ4n) is 2.66. The molecule has 1 N–H and O–H groups in total. The smallest absolute Gasteiger partial charge is 0.258 e. The molecule has 3 aromatic rings. The minimum absolute atomic E-state index is 0. The number of carbonyl (C=O) groups is 1. The van der Waals surface area contributed by atoms with Gasteiger partial charge in [-0.05, 0) is 24.3 Å². The number of fused-ring (bicyclic) bond motifs is 1. The first kappa shape index (κ1) is 21.0. The van der Waals surface area contributed by atoms with Gasteiger partial charge < -0.3 is 33.8 Å². The van der Waals surface area contributed by atoms with E-state index in [1.165, 1.54) is 0 Å². The van der Waals surface area contributed by atoms with Gasteiger partial charge in [0, 0.05) is 6.20 Å². The highest BCUT2D eigenvalue weighted by Crippen LogP contribution is 2.26. The van der Waals surface area contributed by atoms with Gasteiger partial charge in [-0.3, -0.25) is 9.20 Å². The Morgan fingerprint density at radius 2 is 1.81 bits per heavy atom. The van der Waals surface area contributed by atoms with Crippen molar-refractivity contribution in [3.05, 3.63) is 64.0 Å². The van der Waals surface area contributed by atoms with Crippen LogP contribution in [0, 0.1) is 0 Å². The first-order chi connectivity index (χ1) is 11.8.